The molecule has 0 fully saturated rings. The van der Waals surface area contributed by atoms with E-state index < -0.39 is 0 Å². The lowest BCUT2D eigenvalue weighted by Gasteiger charge is -2.07. The van der Waals surface area contributed by atoms with Gasteiger partial charge in [-0.1, -0.05) is 29.0 Å². The van der Waals surface area contributed by atoms with E-state index in [2.05, 4.69) is 10.3 Å². The number of esters is 1. The van der Waals surface area contributed by atoms with E-state index in [4.69, 9.17) is 16.3 Å². The number of rotatable bonds is 4. The van der Waals surface area contributed by atoms with E-state index in [1.807, 2.05) is 6.92 Å². The van der Waals surface area contributed by atoms with Crippen molar-refractivity contribution in [3.8, 4) is 0 Å². The Morgan fingerprint density at radius 3 is 2.58 bits per heavy atom. The molecule has 0 bridgehead atoms. The molecule has 0 atom stereocenters. The van der Waals surface area contributed by atoms with Crippen molar-refractivity contribution in [1.82, 2.24) is 4.98 Å². The number of halogens is 1. The Balaban J connectivity index is 1.81. The van der Waals surface area contributed by atoms with Crippen LogP contribution in [-0.2, 0) is 4.74 Å². The molecular weight excluding hydrogens is 372 g/mol. The Morgan fingerprint density at radius 1 is 1.15 bits per heavy atom. The second-order valence-electron chi connectivity index (χ2n) is 6.07. The molecule has 0 aliphatic rings. The minimum absolute atomic E-state index is 0.184. The molecule has 0 spiro atoms. The fraction of sp³-hybridized carbons (Fsp3) is 0.211. The molecule has 26 heavy (non-hydrogen) atoms. The van der Waals surface area contributed by atoms with Crippen molar-refractivity contribution < 1.29 is 14.3 Å². The average molecular weight is 389 g/mol. The average Bonchev–Trinajstić information content (AvgIpc) is 2.97. The summed E-state index contributed by atoms with van der Waals surface area (Å²) in [5.41, 5.74) is 2.52. The number of carbonyl (C=O) groups is 2. The van der Waals surface area contributed by atoms with Crippen LogP contribution in [0.3, 0.4) is 0 Å². The summed E-state index contributed by atoms with van der Waals surface area (Å²) in [4.78, 5) is 28.8. The number of aryl methyl sites for hydroxylation is 1. The highest BCUT2D eigenvalue weighted by Crippen LogP contribution is 2.28. The van der Waals surface area contributed by atoms with Gasteiger partial charge in [0.15, 0.2) is 5.13 Å². The summed E-state index contributed by atoms with van der Waals surface area (Å²) in [6, 6.07) is 10.3. The van der Waals surface area contributed by atoms with Crippen LogP contribution in [0.15, 0.2) is 36.4 Å². The van der Waals surface area contributed by atoms with Crippen LogP contribution in [0.5, 0.6) is 0 Å². The third-order valence-electron chi connectivity index (χ3n) is 3.62. The van der Waals surface area contributed by atoms with Crippen LogP contribution in [-0.4, -0.2) is 23.0 Å². The van der Waals surface area contributed by atoms with Gasteiger partial charge in [0, 0.05) is 10.6 Å². The zero-order valence-corrected chi connectivity index (χ0v) is 16.1. The minimum atomic E-state index is -0.379. The van der Waals surface area contributed by atoms with E-state index in [-0.39, 0.29) is 18.0 Å². The molecule has 0 unspecified atom stereocenters. The molecule has 5 nitrogen and oxygen atoms in total. The number of benzene rings is 2. The molecule has 0 aliphatic carbocycles. The minimum Gasteiger partial charge on any atom is -0.459 e. The summed E-state index contributed by atoms with van der Waals surface area (Å²) in [5, 5.41) is 3.76. The van der Waals surface area contributed by atoms with Gasteiger partial charge in [-0.05, 0) is 56.7 Å². The smallest absolute Gasteiger partial charge is 0.338 e. The Hall–Kier alpha value is -2.44. The molecule has 0 saturated carbocycles. The number of ether oxygens (including phenoxy) is 1. The molecule has 0 saturated heterocycles. The fourth-order valence-corrected chi connectivity index (χ4v) is 3.37. The largest absolute Gasteiger partial charge is 0.459 e. The van der Waals surface area contributed by atoms with Crippen molar-refractivity contribution in [2.24, 2.45) is 0 Å². The van der Waals surface area contributed by atoms with Gasteiger partial charge in [0.1, 0.15) is 0 Å². The molecule has 1 N–H and O–H groups in total. The van der Waals surface area contributed by atoms with Crippen molar-refractivity contribution in [1.29, 1.82) is 0 Å². The molecule has 0 radical (unpaired) electrons. The van der Waals surface area contributed by atoms with E-state index in [1.54, 1.807) is 50.2 Å². The number of hydrogen-bond donors (Lipinski definition) is 1. The number of anilines is 1. The lowest BCUT2D eigenvalue weighted by atomic mass is 10.1. The topological polar surface area (TPSA) is 68.3 Å². The monoisotopic (exact) mass is 388 g/mol. The number of fused-ring (bicyclic) bond motifs is 1. The van der Waals surface area contributed by atoms with E-state index in [9.17, 15) is 9.59 Å². The van der Waals surface area contributed by atoms with Gasteiger partial charge in [0.05, 0.1) is 21.9 Å². The van der Waals surface area contributed by atoms with E-state index in [1.165, 1.54) is 11.3 Å². The number of hydrogen-bond acceptors (Lipinski definition) is 5. The van der Waals surface area contributed by atoms with Crippen LogP contribution in [0, 0.1) is 6.92 Å². The van der Waals surface area contributed by atoms with Crippen LogP contribution in [0.2, 0.25) is 5.02 Å². The summed E-state index contributed by atoms with van der Waals surface area (Å²) < 4.78 is 5.99. The number of amides is 1. The summed E-state index contributed by atoms with van der Waals surface area (Å²) in [6.07, 6.45) is -0.184. The predicted molar refractivity (Wildman–Crippen MR) is 104 cm³/mol. The Bertz CT molecular complexity index is 998. The van der Waals surface area contributed by atoms with Crippen LogP contribution in [0.4, 0.5) is 5.13 Å². The van der Waals surface area contributed by atoms with Gasteiger partial charge in [-0.25, -0.2) is 9.78 Å². The molecular formula is C19H17ClN2O3S. The standard InChI is InChI=1S/C19H17ClN2O3S/c1-10(2)25-18(24)13-6-7-15-16(9-13)26-19(21-15)22-17(23)12-5-4-11(3)14(20)8-12/h4-10H,1-3H3,(H,21,22,23). The quantitative estimate of drug-likeness (QED) is 0.633. The lowest BCUT2D eigenvalue weighted by Crippen LogP contribution is -2.11. The first-order chi connectivity index (χ1) is 12.3. The normalized spacial score (nSPS) is 11.0. The Morgan fingerprint density at radius 2 is 1.88 bits per heavy atom. The first kappa shape index (κ1) is 18.4. The van der Waals surface area contributed by atoms with Gasteiger partial charge in [0.25, 0.3) is 5.91 Å². The molecule has 3 aromatic rings. The number of carbonyl (C=O) groups excluding carboxylic acids is 2. The van der Waals surface area contributed by atoms with Crippen LogP contribution < -0.4 is 5.32 Å². The van der Waals surface area contributed by atoms with Crippen molar-refractivity contribution in [3.05, 3.63) is 58.1 Å². The van der Waals surface area contributed by atoms with Crippen LogP contribution in [0.1, 0.15) is 40.1 Å². The fourth-order valence-electron chi connectivity index (χ4n) is 2.29. The highest BCUT2D eigenvalue weighted by molar-refractivity contribution is 7.22. The summed E-state index contributed by atoms with van der Waals surface area (Å²) in [7, 11) is 0. The van der Waals surface area contributed by atoms with Gasteiger partial charge in [-0.3, -0.25) is 10.1 Å². The van der Waals surface area contributed by atoms with Crippen molar-refractivity contribution in [2.45, 2.75) is 26.9 Å². The SMILES string of the molecule is Cc1ccc(C(=O)Nc2nc3ccc(C(=O)OC(C)C)cc3s2)cc1Cl. The zero-order valence-electron chi connectivity index (χ0n) is 14.5. The van der Waals surface area contributed by atoms with Gasteiger partial charge in [-0.15, -0.1) is 0 Å². The maximum Gasteiger partial charge on any atom is 0.338 e. The summed E-state index contributed by atoms with van der Waals surface area (Å²) in [5.74, 6) is -0.666. The molecule has 1 amide bonds. The zero-order chi connectivity index (χ0) is 18.8. The van der Waals surface area contributed by atoms with Crippen LogP contribution >= 0.6 is 22.9 Å². The molecule has 0 aliphatic heterocycles. The third kappa shape index (κ3) is 4.03. The maximum atomic E-state index is 12.4. The highest BCUT2D eigenvalue weighted by atomic mass is 35.5. The first-order valence-electron chi connectivity index (χ1n) is 8.02. The molecule has 3 rings (SSSR count). The summed E-state index contributed by atoms with van der Waals surface area (Å²) in [6.45, 7) is 5.47. The van der Waals surface area contributed by atoms with Crippen molar-refractivity contribution in [2.75, 3.05) is 5.32 Å². The second-order valence-corrected chi connectivity index (χ2v) is 7.51. The number of aromatic nitrogens is 1. The number of nitrogens with zero attached hydrogens (tertiary/aromatic N) is 1. The lowest BCUT2D eigenvalue weighted by molar-refractivity contribution is 0.0378. The molecule has 1 heterocycles. The van der Waals surface area contributed by atoms with Crippen molar-refractivity contribution >= 4 is 50.2 Å². The first-order valence-corrected chi connectivity index (χ1v) is 9.22. The van der Waals surface area contributed by atoms with Crippen molar-refractivity contribution in [3.63, 3.8) is 0 Å². The molecule has 7 heteroatoms. The second kappa shape index (κ2) is 7.43. The van der Waals surface area contributed by atoms with Gasteiger partial charge in [-0.2, -0.15) is 0 Å². The number of thiazole rings is 1. The Kier molecular flexibility index (Phi) is 5.25. The van der Waals surface area contributed by atoms with Gasteiger partial charge >= 0.3 is 5.97 Å². The number of nitrogens with one attached hydrogen (secondary N) is 1. The highest BCUT2D eigenvalue weighted by Gasteiger charge is 2.14. The van der Waals surface area contributed by atoms with Crippen LogP contribution in [0.25, 0.3) is 10.2 Å². The maximum absolute atomic E-state index is 12.4. The summed E-state index contributed by atoms with van der Waals surface area (Å²) >= 11 is 7.37. The van der Waals surface area contributed by atoms with E-state index in [0.717, 1.165) is 10.3 Å². The third-order valence-corrected chi connectivity index (χ3v) is 4.96. The van der Waals surface area contributed by atoms with Gasteiger partial charge in [0.2, 0.25) is 0 Å². The molecule has 1 aromatic heterocycles. The predicted octanol–water partition coefficient (Wildman–Crippen LogP) is 5.08. The van der Waals surface area contributed by atoms with Gasteiger partial charge < -0.3 is 4.74 Å². The molecule has 134 valence electrons. The Labute approximate surface area is 160 Å². The van der Waals surface area contributed by atoms with E-state index in [0.29, 0.717) is 26.8 Å². The van der Waals surface area contributed by atoms with E-state index >= 15 is 0 Å². The molecule has 2 aromatic carbocycles.